The van der Waals surface area contributed by atoms with Crippen molar-refractivity contribution in [1.29, 1.82) is 0 Å². The zero-order chi connectivity index (χ0) is 15.8. The van der Waals surface area contributed by atoms with Gasteiger partial charge in [-0.2, -0.15) is 0 Å². The van der Waals surface area contributed by atoms with E-state index in [4.69, 9.17) is 5.73 Å². The highest BCUT2D eigenvalue weighted by atomic mass is 16.2. The topological polar surface area (TPSA) is 70.7 Å². The van der Waals surface area contributed by atoms with Gasteiger partial charge in [-0.15, -0.1) is 0 Å². The number of nitrogens with two attached hydrogens (primary N) is 1. The molecule has 1 heterocycles. The first-order chi connectivity index (χ1) is 10.7. The molecule has 3 N–H and O–H groups in total. The third-order valence-electron chi connectivity index (χ3n) is 3.81. The van der Waals surface area contributed by atoms with Gasteiger partial charge in [-0.05, 0) is 30.9 Å². The second-order valence-corrected chi connectivity index (χ2v) is 5.34. The molecule has 0 fully saturated rings. The lowest BCUT2D eigenvalue weighted by molar-refractivity contribution is -0.117. The van der Waals surface area contributed by atoms with Crippen LogP contribution < -0.4 is 11.1 Å². The highest BCUT2D eigenvalue weighted by Gasteiger charge is 2.15. The molecule has 1 amide bonds. The third kappa shape index (κ3) is 4.43. The predicted octanol–water partition coefficient (Wildman–Crippen LogP) is 1.44. The Morgan fingerprint density at radius 1 is 1.41 bits per heavy atom. The number of fused-ring (bicyclic) bond motifs is 1. The molecule has 22 heavy (non-hydrogen) atoms. The standard InChI is InChI=1S/C17H24N4O/c1-2-19-16(12-18)17(22)20-9-5-10-21-11-8-14-6-3-4-7-15(14)13-21/h2-4,6-7,12H,5,8-11,13,18H2,1H3,(H,20,22)/b16-12-,19-2-. The first kappa shape index (κ1) is 16.2. The van der Waals surface area contributed by atoms with Gasteiger partial charge in [0.2, 0.25) is 0 Å². The van der Waals surface area contributed by atoms with E-state index in [1.807, 2.05) is 0 Å². The molecule has 0 atom stereocenters. The van der Waals surface area contributed by atoms with Crippen molar-refractivity contribution in [3.8, 4) is 0 Å². The van der Waals surface area contributed by atoms with E-state index in [1.54, 1.807) is 13.1 Å². The van der Waals surface area contributed by atoms with E-state index in [-0.39, 0.29) is 11.6 Å². The predicted molar refractivity (Wildman–Crippen MR) is 89.5 cm³/mol. The van der Waals surface area contributed by atoms with Crippen molar-refractivity contribution in [2.45, 2.75) is 26.3 Å². The smallest absolute Gasteiger partial charge is 0.271 e. The van der Waals surface area contributed by atoms with Gasteiger partial charge in [0.15, 0.2) is 0 Å². The highest BCUT2D eigenvalue weighted by molar-refractivity contribution is 5.94. The molecule has 0 unspecified atom stereocenters. The Morgan fingerprint density at radius 2 is 2.18 bits per heavy atom. The minimum absolute atomic E-state index is 0.218. The molecular formula is C17H24N4O. The van der Waals surface area contributed by atoms with Gasteiger partial charge in [0, 0.05) is 38.6 Å². The Labute approximate surface area is 131 Å². The van der Waals surface area contributed by atoms with Crippen LogP contribution in [0.4, 0.5) is 0 Å². The Morgan fingerprint density at radius 3 is 2.91 bits per heavy atom. The van der Waals surface area contributed by atoms with Crippen molar-refractivity contribution in [3.05, 3.63) is 47.3 Å². The summed E-state index contributed by atoms with van der Waals surface area (Å²) in [6, 6.07) is 8.61. The summed E-state index contributed by atoms with van der Waals surface area (Å²) < 4.78 is 0. The quantitative estimate of drug-likeness (QED) is 0.474. The van der Waals surface area contributed by atoms with Crippen LogP contribution in [-0.2, 0) is 17.8 Å². The van der Waals surface area contributed by atoms with Gasteiger partial charge in [0.25, 0.3) is 5.91 Å². The molecule has 1 aromatic carbocycles. The van der Waals surface area contributed by atoms with Crippen LogP contribution >= 0.6 is 0 Å². The molecule has 1 aromatic rings. The van der Waals surface area contributed by atoms with E-state index in [9.17, 15) is 4.79 Å². The largest absolute Gasteiger partial charge is 0.403 e. The Balaban J connectivity index is 1.71. The molecule has 0 spiro atoms. The summed E-state index contributed by atoms with van der Waals surface area (Å²) in [4.78, 5) is 18.1. The van der Waals surface area contributed by atoms with Crippen molar-refractivity contribution in [2.75, 3.05) is 19.6 Å². The van der Waals surface area contributed by atoms with Gasteiger partial charge in [-0.3, -0.25) is 14.7 Å². The zero-order valence-electron chi connectivity index (χ0n) is 13.1. The third-order valence-corrected chi connectivity index (χ3v) is 3.81. The molecule has 0 radical (unpaired) electrons. The van der Waals surface area contributed by atoms with E-state index in [0.717, 1.165) is 32.5 Å². The van der Waals surface area contributed by atoms with Crippen LogP contribution in [0.15, 0.2) is 41.2 Å². The highest BCUT2D eigenvalue weighted by Crippen LogP contribution is 2.18. The fourth-order valence-corrected chi connectivity index (χ4v) is 2.66. The molecule has 5 nitrogen and oxygen atoms in total. The number of amides is 1. The number of hydrogen-bond acceptors (Lipinski definition) is 4. The van der Waals surface area contributed by atoms with Crippen LogP contribution in [-0.4, -0.2) is 36.7 Å². The summed E-state index contributed by atoms with van der Waals surface area (Å²) in [7, 11) is 0. The second kappa shape index (κ2) is 8.34. The number of nitrogens with zero attached hydrogens (tertiary/aromatic N) is 2. The fraction of sp³-hybridized carbons (Fsp3) is 0.412. The maximum Gasteiger partial charge on any atom is 0.271 e. The number of hydrogen-bond donors (Lipinski definition) is 2. The van der Waals surface area contributed by atoms with Gasteiger partial charge in [-0.25, -0.2) is 0 Å². The maximum atomic E-state index is 11.8. The van der Waals surface area contributed by atoms with Crippen molar-refractivity contribution in [3.63, 3.8) is 0 Å². The summed E-state index contributed by atoms with van der Waals surface area (Å²) in [5, 5.41) is 2.85. The van der Waals surface area contributed by atoms with Crippen molar-refractivity contribution < 1.29 is 4.79 Å². The average Bonchev–Trinajstić information content (AvgIpc) is 2.56. The van der Waals surface area contributed by atoms with E-state index in [0.29, 0.717) is 6.54 Å². The Kier molecular flexibility index (Phi) is 6.15. The molecule has 2 rings (SSSR count). The maximum absolute atomic E-state index is 11.8. The van der Waals surface area contributed by atoms with Crippen molar-refractivity contribution in [1.82, 2.24) is 10.2 Å². The Hall–Kier alpha value is -2.14. The van der Waals surface area contributed by atoms with Gasteiger partial charge >= 0.3 is 0 Å². The monoisotopic (exact) mass is 300 g/mol. The first-order valence-corrected chi connectivity index (χ1v) is 7.72. The number of aliphatic imine (C=N–C) groups is 1. The molecule has 118 valence electrons. The summed E-state index contributed by atoms with van der Waals surface area (Å²) in [6.45, 7) is 5.45. The summed E-state index contributed by atoms with van der Waals surface area (Å²) >= 11 is 0. The minimum atomic E-state index is -0.218. The van der Waals surface area contributed by atoms with Gasteiger partial charge in [0.05, 0.1) is 0 Å². The first-order valence-electron chi connectivity index (χ1n) is 7.72. The lowest BCUT2D eigenvalue weighted by Gasteiger charge is -2.28. The molecule has 1 aliphatic heterocycles. The number of nitrogens with one attached hydrogen (secondary N) is 1. The number of carbonyl (C=O) groups is 1. The second-order valence-electron chi connectivity index (χ2n) is 5.34. The van der Waals surface area contributed by atoms with E-state index >= 15 is 0 Å². The Bertz CT molecular complexity index is 566. The molecule has 0 bridgehead atoms. The molecule has 5 heteroatoms. The SMILES string of the molecule is C/C=N\C(=C/N)C(=O)NCCCN1CCc2ccccc2C1. The summed E-state index contributed by atoms with van der Waals surface area (Å²) in [5.41, 5.74) is 8.52. The molecular weight excluding hydrogens is 276 g/mol. The van der Waals surface area contributed by atoms with Crippen molar-refractivity contribution >= 4 is 12.1 Å². The van der Waals surface area contributed by atoms with E-state index in [1.165, 1.54) is 17.3 Å². The molecule has 0 saturated heterocycles. The molecule has 0 saturated carbocycles. The molecule has 0 aliphatic carbocycles. The molecule has 0 aromatic heterocycles. The van der Waals surface area contributed by atoms with E-state index in [2.05, 4.69) is 39.5 Å². The molecule has 1 aliphatic rings. The number of benzene rings is 1. The van der Waals surface area contributed by atoms with Crippen LogP contribution in [0.2, 0.25) is 0 Å². The van der Waals surface area contributed by atoms with Crippen molar-refractivity contribution in [2.24, 2.45) is 10.7 Å². The van der Waals surface area contributed by atoms with Crippen LogP contribution in [0.5, 0.6) is 0 Å². The van der Waals surface area contributed by atoms with E-state index < -0.39 is 0 Å². The number of carbonyl (C=O) groups excluding carboxylic acids is 1. The number of rotatable bonds is 6. The van der Waals surface area contributed by atoms with Gasteiger partial charge in [-0.1, -0.05) is 24.3 Å². The van der Waals surface area contributed by atoms with Crippen LogP contribution in [0.3, 0.4) is 0 Å². The van der Waals surface area contributed by atoms with Crippen LogP contribution in [0, 0.1) is 0 Å². The van der Waals surface area contributed by atoms with Crippen LogP contribution in [0.25, 0.3) is 0 Å². The summed E-state index contributed by atoms with van der Waals surface area (Å²) in [5.74, 6) is -0.218. The lowest BCUT2D eigenvalue weighted by Crippen LogP contribution is -2.34. The summed E-state index contributed by atoms with van der Waals surface area (Å²) in [6.07, 6.45) is 4.82. The zero-order valence-corrected chi connectivity index (χ0v) is 13.1. The normalized spacial score (nSPS) is 15.8. The lowest BCUT2D eigenvalue weighted by atomic mass is 10.00. The average molecular weight is 300 g/mol. The minimum Gasteiger partial charge on any atom is -0.403 e. The van der Waals surface area contributed by atoms with Gasteiger partial charge < -0.3 is 11.1 Å². The fourth-order valence-electron chi connectivity index (χ4n) is 2.66. The van der Waals surface area contributed by atoms with Gasteiger partial charge in [0.1, 0.15) is 5.70 Å². The van der Waals surface area contributed by atoms with Crippen LogP contribution in [0.1, 0.15) is 24.5 Å².